The molecule has 0 aliphatic rings. The third-order valence-corrected chi connectivity index (χ3v) is 0.916. The highest BCUT2D eigenvalue weighted by atomic mass is 16.5. The standard InChI is InChI=1S/C6H7NO/c1-2-3-6-4-7-8-5-6/h1,4-5H,2-3H2. The Morgan fingerprint density at radius 2 is 2.62 bits per heavy atom. The van der Waals surface area contributed by atoms with Crippen LogP contribution in [0.4, 0.5) is 0 Å². The van der Waals surface area contributed by atoms with Crippen molar-refractivity contribution in [2.45, 2.75) is 12.8 Å². The van der Waals surface area contributed by atoms with Crippen molar-refractivity contribution in [3.63, 3.8) is 0 Å². The van der Waals surface area contributed by atoms with E-state index in [0.717, 1.165) is 12.0 Å². The van der Waals surface area contributed by atoms with Crippen LogP contribution >= 0.6 is 0 Å². The molecule has 0 aromatic carbocycles. The highest BCUT2D eigenvalue weighted by molar-refractivity contribution is 4.99. The lowest BCUT2D eigenvalue weighted by Gasteiger charge is -1.82. The lowest BCUT2D eigenvalue weighted by Crippen LogP contribution is -1.74. The molecule has 2 nitrogen and oxygen atoms in total. The molecule has 1 aromatic rings. The molecule has 0 bridgehead atoms. The molecule has 0 N–H and O–H groups in total. The normalized spacial score (nSPS) is 9.62. The minimum Gasteiger partial charge on any atom is -0.364 e. The van der Waals surface area contributed by atoms with Gasteiger partial charge in [-0.3, -0.25) is 0 Å². The Morgan fingerprint density at radius 1 is 1.75 bits per heavy atom. The second-order valence-corrected chi connectivity index (χ2v) is 1.57. The fourth-order valence-corrected chi connectivity index (χ4v) is 0.517. The third kappa shape index (κ3) is 1.09. The maximum absolute atomic E-state index is 5.25. The summed E-state index contributed by atoms with van der Waals surface area (Å²) in [6, 6.07) is 0. The molecule has 0 saturated heterocycles. The van der Waals surface area contributed by atoms with E-state index in [1.807, 2.05) is 0 Å². The summed E-state index contributed by atoms with van der Waals surface area (Å²) in [5.41, 5.74) is 1.06. The lowest BCUT2D eigenvalue weighted by atomic mass is 10.2. The first kappa shape index (κ1) is 5.35. The van der Waals surface area contributed by atoms with E-state index in [1.54, 1.807) is 12.5 Å². The maximum Gasteiger partial charge on any atom is 0.126 e. The zero-order valence-electron chi connectivity index (χ0n) is 4.50. The minimum atomic E-state index is 0.654. The Hall–Kier alpha value is -0.790. The largest absolute Gasteiger partial charge is 0.364 e. The summed E-state index contributed by atoms with van der Waals surface area (Å²) in [4.78, 5) is 0. The molecule has 0 unspecified atom stereocenters. The van der Waals surface area contributed by atoms with Crippen LogP contribution in [0.25, 0.3) is 0 Å². The molecule has 2 radical (unpaired) electrons. The Balaban J connectivity index is 2.50. The molecule has 1 aromatic heterocycles. The summed E-state index contributed by atoms with van der Waals surface area (Å²) in [6.45, 7) is 5.25. The van der Waals surface area contributed by atoms with E-state index in [-0.39, 0.29) is 0 Å². The third-order valence-electron chi connectivity index (χ3n) is 0.916. The van der Waals surface area contributed by atoms with Crippen LogP contribution in [0.15, 0.2) is 17.0 Å². The van der Waals surface area contributed by atoms with Gasteiger partial charge in [0, 0.05) is 5.56 Å². The number of hydrogen-bond acceptors (Lipinski definition) is 2. The molecule has 0 aliphatic heterocycles. The van der Waals surface area contributed by atoms with Crippen LogP contribution in [0.1, 0.15) is 12.0 Å². The van der Waals surface area contributed by atoms with Crippen LogP contribution < -0.4 is 0 Å². The van der Waals surface area contributed by atoms with E-state index in [0.29, 0.717) is 6.42 Å². The summed E-state index contributed by atoms with van der Waals surface area (Å²) in [5.74, 6) is 0. The van der Waals surface area contributed by atoms with Crippen molar-refractivity contribution >= 4 is 0 Å². The van der Waals surface area contributed by atoms with Gasteiger partial charge in [0.1, 0.15) is 6.26 Å². The Morgan fingerprint density at radius 3 is 3.12 bits per heavy atom. The Bertz CT molecular complexity index is 134. The minimum absolute atomic E-state index is 0.654. The molecule has 0 aliphatic carbocycles. The van der Waals surface area contributed by atoms with Crippen molar-refractivity contribution in [1.29, 1.82) is 0 Å². The zero-order valence-corrected chi connectivity index (χ0v) is 4.50. The highest BCUT2D eigenvalue weighted by Gasteiger charge is 1.89. The smallest absolute Gasteiger partial charge is 0.126 e. The van der Waals surface area contributed by atoms with Crippen molar-refractivity contribution in [1.82, 2.24) is 5.16 Å². The number of rotatable bonds is 2. The molecular formula is C6H7NO. The number of aryl methyl sites for hydroxylation is 1. The molecule has 1 heterocycles. The molecule has 8 heavy (non-hydrogen) atoms. The molecule has 2 heteroatoms. The SMILES string of the molecule is [CH]CCc1cnoc1. The van der Waals surface area contributed by atoms with Gasteiger partial charge in [-0.25, -0.2) is 0 Å². The van der Waals surface area contributed by atoms with E-state index in [4.69, 9.17) is 6.92 Å². The fourth-order valence-electron chi connectivity index (χ4n) is 0.517. The van der Waals surface area contributed by atoms with Gasteiger partial charge in [0.2, 0.25) is 0 Å². The van der Waals surface area contributed by atoms with Crippen molar-refractivity contribution < 1.29 is 4.52 Å². The Labute approximate surface area is 48.5 Å². The number of aromatic nitrogens is 1. The van der Waals surface area contributed by atoms with Gasteiger partial charge >= 0.3 is 0 Å². The van der Waals surface area contributed by atoms with E-state index in [1.165, 1.54) is 0 Å². The van der Waals surface area contributed by atoms with E-state index < -0.39 is 0 Å². The van der Waals surface area contributed by atoms with Crippen LogP contribution in [0, 0.1) is 6.92 Å². The quantitative estimate of drug-likeness (QED) is 0.572. The van der Waals surface area contributed by atoms with Gasteiger partial charge < -0.3 is 4.52 Å². The summed E-state index contributed by atoms with van der Waals surface area (Å²) >= 11 is 0. The van der Waals surface area contributed by atoms with Crippen molar-refractivity contribution in [2.24, 2.45) is 0 Å². The molecule has 0 atom stereocenters. The van der Waals surface area contributed by atoms with Crippen molar-refractivity contribution in [3.8, 4) is 0 Å². The Kier molecular flexibility index (Phi) is 1.67. The zero-order chi connectivity index (χ0) is 5.82. The summed E-state index contributed by atoms with van der Waals surface area (Å²) in [6.07, 6.45) is 4.78. The van der Waals surface area contributed by atoms with Crippen LogP contribution in [0.2, 0.25) is 0 Å². The van der Waals surface area contributed by atoms with Gasteiger partial charge in [-0.2, -0.15) is 0 Å². The average molecular weight is 109 g/mol. The summed E-state index contributed by atoms with van der Waals surface area (Å²) in [7, 11) is 0. The predicted molar refractivity (Wildman–Crippen MR) is 29.1 cm³/mol. The second-order valence-electron chi connectivity index (χ2n) is 1.57. The fraction of sp³-hybridized carbons (Fsp3) is 0.333. The van der Waals surface area contributed by atoms with E-state index in [9.17, 15) is 0 Å². The van der Waals surface area contributed by atoms with Crippen LogP contribution in [0.5, 0.6) is 0 Å². The van der Waals surface area contributed by atoms with E-state index >= 15 is 0 Å². The summed E-state index contributed by atoms with van der Waals surface area (Å²) < 4.78 is 4.56. The van der Waals surface area contributed by atoms with Gasteiger partial charge in [0.25, 0.3) is 0 Å². The highest BCUT2D eigenvalue weighted by Crippen LogP contribution is 1.98. The number of hydrogen-bond donors (Lipinski definition) is 0. The van der Waals surface area contributed by atoms with Gasteiger partial charge in [0.15, 0.2) is 0 Å². The predicted octanol–water partition coefficient (Wildman–Crippen LogP) is 1.32. The molecule has 0 amide bonds. The average Bonchev–Trinajstić information content (AvgIpc) is 2.19. The lowest BCUT2D eigenvalue weighted by molar-refractivity contribution is 0.419. The second kappa shape index (κ2) is 2.50. The van der Waals surface area contributed by atoms with E-state index in [2.05, 4.69) is 9.68 Å². The molecule has 0 spiro atoms. The summed E-state index contributed by atoms with van der Waals surface area (Å²) in [5, 5.41) is 3.51. The van der Waals surface area contributed by atoms with Gasteiger partial charge in [0.05, 0.1) is 6.20 Å². The molecule has 42 valence electrons. The first-order valence-corrected chi connectivity index (χ1v) is 2.52. The van der Waals surface area contributed by atoms with Crippen LogP contribution in [-0.4, -0.2) is 5.16 Å². The number of nitrogens with zero attached hydrogens (tertiary/aromatic N) is 1. The van der Waals surface area contributed by atoms with Crippen LogP contribution in [0.3, 0.4) is 0 Å². The molecule has 1 rings (SSSR count). The van der Waals surface area contributed by atoms with Crippen molar-refractivity contribution in [2.75, 3.05) is 0 Å². The first-order chi connectivity index (χ1) is 3.93. The van der Waals surface area contributed by atoms with Gasteiger partial charge in [-0.05, 0) is 19.8 Å². The maximum atomic E-state index is 5.25. The molecular weight excluding hydrogens is 102 g/mol. The molecule has 0 fully saturated rings. The topological polar surface area (TPSA) is 26.0 Å². The van der Waals surface area contributed by atoms with Gasteiger partial charge in [-0.1, -0.05) is 5.16 Å². The first-order valence-electron chi connectivity index (χ1n) is 2.52. The monoisotopic (exact) mass is 109 g/mol. The van der Waals surface area contributed by atoms with Crippen molar-refractivity contribution in [3.05, 3.63) is 24.9 Å². The van der Waals surface area contributed by atoms with Crippen LogP contribution in [-0.2, 0) is 6.42 Å². The van der Waals surface area contributed by atoms with Gasteiger partial charge in [-0.15, -0.1) is 0 Å². The molecule has 0 saturated carbocycles.